The molecule has 0 aliphatic rings. The van der Waals surface area contributed by atoms with Crippen molar-refractivity contribution < 1.29 is 24.2 Å². The van der Waals surface area contributed by atoms with Crippen molar-refractivity contribution >= 4 is 17.8 Å². The van der Waals surface area contributed by atoms with E-state index >= 15 is 0 Å². The lowest BCUT2D eigenvalue weighted by molar-refractivity contribution is -0.142. The molecule has 0 aromatic heterocycles. The van der Waals surface area contributed by atoms with Crippen molar-refractivity contribution in [2.24, 2.45) is 11.7 Å². The van der Waals surface area contributed by atoms with Crippen LogP contribution in [-0.4, -0.2) is 55.2 Å². The Morgan fingerprint density at radius 3 is 2.35 bits per heavy atom. The van der Waals surface area contributed by atoms with Crippen LogP contribution in [0.3, 0.4) is 0 Å². The Balaban J connectivity index is 4.20. The van der Waals surface area contributed by atoms with E-state index in [0.29, 0.717) is 0 Å². The second kappa shape index (κ2) is 9.27. The molecule has 0 rings (SSSR count). The number of hydrogen-bond donors (Lipinski definition) is 4. The maximum atomic E-state index is 11.5. The maximum Gasteiger partial charge on any atom is 0.326 e. The monoisotopic (exact) mass is 289 g/mol. The number of rotatable bonds is 9. The second-order valence-electron chi connectivity index (χ2n) is 4.73. The Bertz CT molecular complexity index is 346. The van der Waals surface area contributed by atoms with Gasteiger partial charge in [0.05, 0.1) is 12.6 Å². The Labute approximate surface area is 118 Å². The highest BCUT2D eigenvalue weighted by Crippen LogP contribution is 1.97. The molecule has 0 spiro atoms. The molecule has 2 amide bonds. The first-order chi connectivity index (χ1) is 9.29. The molecule has 0 saturated carbocycles. The largest absolute Gasteiger partial charge is 0.480 e. The Morgan fingerprint density at radius 2 is 1.90 bits per heavy atom. The van der Waals surface area contributed by atoms with Gasteiger partial charge in [0.25, 0.3) is 0 Å². The van der Waals surface area contributed by atoms with Gasteiger partial charge in [-0.25, -0.2) is 4.79 Å². The number of nitrogens with two attached hydrogens (primary N) is 1. The fourth-order valence-electron chi connectivity index (χ4n) is 1.33. The van der Waals surface area contributed by atoms with Crippen molar-refractivity contribution in [2.45, 2.75) is 32.4 Å². The maximum absolute atomic E-state index is 11.5. The molecule has 0 aliphatic heterocycles. The molecule has 0 aromatic rings. The quantitative estimate of drug-likeness (QED) is 0.417. The molecule has 0 radical (unpaired) electrons. The number of carbonyl (C=O) groups excluding carboxylic acids is 2. The summed E-state index contributed by atoms with van der Waals surface area (Å²) >= 11 is 0. The Kier molecular flexibility index (Phi) is 8.49. The molecule has 0 fully saturated rings. The third kappa shape index (κ3) is 7.05. The number of ether oxygens (including phenoxy) is 1. The summed E-state index contributed by atoms with van der Waals surface area (Å²) in [5, 5.41) is 13.6. The molecule has 0 heterocycles. The Hall–Kier alpha value is -1.67. The van der Waals surface area contributed by atoms with Crippen LogP contribution >= 0.6 is 0 Å². The van der Waals surface area contributed by atoms with E-state index in [1.54, 1.807) is 13.8 Å². The van der Waals surface area contributed by atoms with E-state index in [-0.39, 0.29) is 25.5 Å². The number of carboxylic acid groups (broad SMARTS) is 1. The minimum Gasteiger partial charge on any atom is -0.480 e. The molecule has 1 unspecified atom stereocenters. The standard InChI is InChI=1S/C12H23N3O5/c1-7(2)10(13)11(17)14-6-9(16)15-8(12(18)19)4-5-20-3/h7-8,10H,4-6,13H2,1-3H3,(H,14,17)(H,15,16)(H,18,19)/t8?,10-/m0/s1. The van der Waals surface area contributed by atoms with E-state index in [2.05, 4.69) is 10.6 Å². The number of aliphatic carboxylic acids is 1. The predicted octanol–water partition coefficient (Wildman–Crippen LogP) is -1.31. The minimum atomic E-state index is -1.15. The van der Waals surface area contributed by atoms with Gasteiger partial charge in [0.1, 0.15) is 6.04 Å². The van der Waals surface area contributed by atoms with Crippen LogP contribution in [0.1, 0.15) is 20.3 Å². The summed E-state index contributed by atoms with van der Waals surface area (Å²) in [6.45, 7) is 3.48. The average Bonchev–Trinajstić information content (AvgIpc) is 2.39. The SMILES string of the molecule is COCCC(NC(=O)CNC(=O)[C@@H](N)C(C)C)C(=O)O. The van der Waals surface area contributed by atoms with Gasteiger partial charge in [-0.05, 0) is 5.92 Å². The van der Waals surface area contributed by atoms with Gasteiger partial charge < -0.3 is 26.2 Å². The zero-order valence-corrected chi connectivity index (χ0v) is 12.0. The molecule has 5 N–H and O–H groups in total. The third-order valence-corrected chi connectivity index (χ3v) is 2.69. The Morgan fingerprint density at radius 1 is 1.30 bits per heavy atom. The first-order valence-corrected chi connectivity index (χ1v) is 6.34. The second-order valence-corrected chi connectivity index (χ2v) is 4.73. The van der Waals surface area contributed by atoms with Gasteiger partial charge in [-0.1, -0.05) is 13.8 Å². The number of amides is 2. The lowest BCUT2D eigenvalue weighted by atomic mass is 10.1. The molecule has 0 bridgehead atoms. The van der Waals surface area contributed by atoms with Crippen LogP contribution in [0.15, 0.2) is 0 Å². The number of carbonyl (C=O) groups is 3. The van der Waals surface area contributed by atoms with Gasteiger partial charge in [-0.15, -0.1) is 0 Å². The normalized spacial score (nSPS) is 13.7. The summed E-state index contributed by atoms with van der Waals surface area (Å²) in [4.78, 5) is 34.0. The fraction of sp³-hybridized carbons (Fsp3) is 0.750. The molecule has 8 heteroatoms. The van der Waals surface area contributed by atoms with Crippen molar-refractivity contribution in [2.75, 3.05) is 20.3 Å². The van der Waals surface area contributed by atoms with Crippen LogP contribution in [-0.2, 0) is 19.1 Å². The molecule has 2 atom stereocenters. The van der Waals surface area contributed by atoms with Crippen LogP contribution in [0.5, 0.6) is 0 Å². The van der Waals surface area contributed by atoms with Crippen LogP contribution in [0, 0.1) is 5.92 Å². The van der Waals surface area contributed by atoms with Gasteiger partial charge in [0.2, 0.25) is 11.8 Å². The van der Waals surface area contributed by atoms with Crippen LogP contribution in [0.25, 0.3) is 0 Å². The van der Waals surface area contributed by atoms with Crippen molar-refractivity contribution in [3.63, 3.8) is 0 Å². The van der Waals surface area contributed by atoms with E-state index in [1.165, 1.54) is 7.11 Å². The van der Waals surface area contributed by atoms with Crippen LogP contribution in [0.4, 0.5) is 0 Å². The van der Waals surface area contributed by atoms with Gasteiger partial charge in [-0.2, -0.15) is 0 Å². The summed E-state index contributed by atoms with van der Waals surface area (Å²) in [7, 11) is 1.44. The molecule has 0 aromatic carbocycles. The molecule has 116 valence electrons. The number of nitrogens with one attached hydrogen (secondary N) is 2. The summed E-state index contributed by atoms with van der Waals surface area (Å²) in [5.74, 6) is -2.23. The number of carboxylic acids is 1. The zero-order chi connectivity index (χ0) is 15.7. The number of methoxy groups -OCH3 is 1. The van der Waals surface area contributed by atoms with Crippen LogP contribution in [0.2, 0.25) is 0 Å². The first kappa shape index (κ1) is 18.3. The highest BCUT2D eigenvalue weighted by Gasteiger charge is 2.21. The number of hydrogen-bond acceptors (Lipinski definition) is 5. The lowest BCUT2D eigenvalue weighted by Gasteiger charge is -2.17. The summed E-state index contributed by atoms with van der Waals surface area (Å²) < 4.78 is 4.76. The molecule has 0 saturated heterocycles. The molecule has 20 heavy (non-hydrogen) atoms. The highest BCUT2D eigenvalue weighted by molar-refractivity contribution is 5.89. The van der Waals surface area contributed by atoms with Gasteiger partial charge in [-0.3, -0.25) is 9.59 Å². The average molecular weight is 289 g/mol. The highest BCUT2D eigenvalue weighted by atomic mass is 16.5. The fourth-order valence-corrected chi connectivity index (χ4v) is 1.33. The van der Waals surface area contributed by atoms with Gasteiger partial charge in [0.15, 0.2) is 0 Å². The summed E-state index contributed by atoms with van der Waals surface area (Å²) in [5.41, 5.74) is 5.61. The smallest absolute Gasteiger partial charge is 0.326 e. The van der Waals surface area contributed by atoms with E-state index in [4.69, 9.17) is 15.6 Å². The molecular formula is C12H23N3O5. The third-order valence-electron chi connectivity index (χ3n) is 2.69. The van der Waals surface area contributed by atoms with Crippen molar-refractivity contribution in [1.82, 2.24) is 10.6 Å². The lowest BCUT2D eigenvalue weighted by Crippen LogP contribution is -2.49. The topological polar surface area (TPSA) is 131 Å². The van der Waals surface area contributed by atoms with E-state index in [0.717, 1.165) is 0 Å². The minimum absolute atomic E-state index is 0.0495. The van der Waals surface area contributed by atoms with Gasteiger partial charge in [0, 0.05) is 20.1 Å². The van der Waals surface area contributed by atoms with Crippen molar-refractivity contribution in [1.29, 1.82) is 0 Å². The van der Waals surface area contributed by atoms with E-state index in [1.807, 2.05) is 0 Å². The predicted molar refractivity (Wildman–Crippen MR) is 71.9 cm³/mol. The van der Waals surface area contributed by atoms with Gasteiger partial charge >= 0.3 is 5.97 Å². The molecule has 0 aliphatic carbocycles. The first-order valence-electron chi connectivity index (χ1n) is 6.34. The van der Waals surface area contributed by atoms with E-state index in [9.17, 15) is 14.4 Å². The van der Waals surface area contributed by atoms with Crippen molar-refractivity contribution in [3.8, 4) is 0 Å². The van der Waals surface area contributed by atoms with E-state index < -0.39 is 29.9 Å². The summed E-state index contributed by atoms with van der Waals surface area (Å²) in [6.07, 6.45) is 0.150. The molecular weight excluding hydrogens is 266 g/mol. The summed E-state index contributed by atoms with van der Waals surface area (Å²) in [6, 6.07) is -1.75. The molecule has 8 nitrogen and oxygen atoms in total. The van der Waals surface area contributed by atoms with Crippen molar-refractivity contribution in [3.05, 3.63) is 0 Å². The zero-order valence-electron chi connectivity index (χ0n) is 12.0. The van der Waals surface area contributed by atoms with Crippen LogP contribution < -0.4 is 16.4 Å².